The number of benzene rings is 3. The summed E-state index contributed by atoms with van der Waals surface area (Å²) < 4.78 is 0. The Kier molecular flexibility index (Phi) is 6.73. The number of hydrogen-bond donors (Lipinski definition) is 0. The summed E-state index contributed by atoms with van der Waals surface area (Å²) in [7, 11) is 0. The van der Waals surface area contributed by atoms with E-state index < -0.39 is 0 Å². The van der Waals surface area contributed by atoms with Crippen LogP contribution in [0.15, 0.2) is 114 Å². The molecule has 0 heteroatoms. The Labute approximate surface area is 211 Å². The molecule has 0 bridgehead atoms. The number of rotatable bonds is 5. The monoisotopic (exact) mass is 456 g/mol. The van der Waals surface area contributed by atoms with E-state index in [1.165, 1.54) is 55.7 Å². The smallest absolute Gasteiger partial charge is 0.0127 e. The maximum Gasteiger partial charge on any atom is 0.0127 e. The van der Waals surface area contributed by atoms with E-state index in [-0.39, 0.29) is 0 Å². The summed E-state index contributed by atoms with van der Waals surface area (Å²) in [6, 6.07) is 27.1. The third-order valence-electron chi connectivity index (χ3n) is 7.61. The van der Waals surface area contributed by atoms with E-state index in [0.717, 1.165) is 19.3 Å². The summed E-state index contributed by atoms with van der Waals surface area (Å²) in [4.78, 5) is 0. The van der Waals surface area contributed by atoms with Crippen molar-refractivity contribution in [3.63, 3.8) is 0 Å². The maximum atomic E-state index is 2.49. The molecule has 2 aliphatic rings. The molecule has 176 valence electrons. The summed E-state index contributed by atoms with van der Waals surface area (Å²) in [6.45, 7) is 8.91. The van der Waals surface area contributed by atoms with E-state index in [9.17, 15) is 0 Å². The fourth-order valence-electron chi connectivity index (χ4n) is 5.47. The first-order valence-electron chi connectivity index (χ1n) is 13.1. The Morgan fingerprint density at radius 3 is 2.34 bits per heavy atom. The van der Waals surface area contributed by atoms with Crippen LogP contribution in [0.3, 0.4) is 0 Å². The zero-order chi connectivity index (χ0) is 24.4. The molecule has 3 aromatic carbocycles. The standard InChI is InChI=1S/C35H36/c1-24(2)27-17-19-29(20-18-27)35(31-10-6-5-9-26(31)4)23-30-21-22-33(28-15-13-25(3)14-16-28)34-12-8-7-11-32(30)34/h5-6,8-10,12-21,23-24,33H,7,11,22H2,1-4H3. The average molecular weight is 457 g/mol. The van der Waals surface area contributed by atoms with Gasteiger partial charge in [-0.05, 0) is 95.2 Å². The van der Waals surface area contributed by atoms with E-state index in [1.807, 2.05) is 0 Å². The molecule has 5 rings (SSSR count). The Bertz CT molecular complexity index is 1320. The minimum Gasteiger partial charge on any atom is -0.0839 e. The molecule has 0 saturated heterocycles. The van der Waals surface area contributed by atoms with Gasteiger partial charge in [-0.1, -0.05) is 110 Å². The zero-order valence-electron chi connectivity index (χ0n) is 21.5. The largest absolute Gasteiger partial charge is 0.0839 e. The molecule has 0 nitrogen and oxygen atoms in total. The lowest BCUT2D eigenvalue weighted by Gasteiger charge is -2.29. The van der Waals surface area contributed by atoms with Crippen molar-refractivity contribution in [2.24, 2.45) is 0 Å². The summed E-state index contributed by atoms with van der Waals surface area (Å²) in [5.41, 5.74) is 13.8. The summed E-state index contributed by atoms with van der Waals surface area (Å²) in [6.07, 6.45) is 13.0. The van der Waals surface area contributed by atoms with Crippen LogP contribution in [-0.4, -0.2) is 0 Å². The SMILES string of the molecule is Cc1ccc(C2CC=C(C=C(c3ccc(C(C)C)cc3)c3ccccc3C)C3=C2C=CCC3)cc1. The normalized spacial score (nSPS) is 18.0. The highest BCUT2D eigenvalue weighted by Crippen LogP contribution is 2.43. The van der Waals surface area contributed by atoms with Crippen molar-refractivity contribution in [3.05, 3.63) is 147 Å². The molecule has 0 amide bonds. The van der Waals surface area contributed by atoms with Crippen LogP contribution in [0, 0.1) is 13.8 Å². The molecule has 0 saturated carbocycles. The topological polar surface area (TPSA) is 0 Å². The number of hydrogen-bond acceptors (Lipinski definition) is 0. The van der Waals surface area contributed by atoms with Crippen LogP contribution in [0.25, 0.3) is 5.57 Å². The minimum atomic E-state index is 0.450. The van der Waals surface area contributed by atoms with Gasteiger partial charge in [-0.15, -0.1) is 0 Å². The van der Waals surface area contributed by atoms with Gasteiger partial charge in [0.05, 0.1) is 0 Å². The third-order valence-corrected chi connectivity index (χ3v) is 7.61. The second-order valence-electron chi connectivity index (χ2n) is 10.4. The van der Waals surface area contributed by atoms with Gasteiger partial charge in [0, 0.05) is 5.92 Å². The molecule has 2 aliphatic carbocycles. The summed E-state index contributed by atoms with van der Waals surface area (Å²) in [5, 5.41) is 0. The van der Waals surface area contributed by atoms with E-state index in [0.29, 0.717) is 11.8 Å². The molecular formula is C35H36. The van der Waals surface area contributed by atoms with Gasteiger partial charge >= 0.3 is 0 Å². The minimum absolute atomic E-state index is 0.450. The fourth-order valence-corrected chi connectivity index (χ4v) is 5.47. The van der Waals surface area contributed by atoms with Crippen LogP contribution < -0.4 is 0 Å². The second-order valence-corrected chi connectivity index (χ2v) is 10.4. The summed E-state index contributed by atoms with van der Waals surface area (Å²) >= 11 is 0. The molecular weight excluding hydrogens is 420 g/mol. The highest BCUT2D eigenvalue weighted by molar-refractivity contribution is 5.84. The van der Waals surface area contributed by atoms with E-state index >= 15 is 0 Å². The van der Waals surface area contributed by atoms with Gasteiger partial charge in [-0.3, -0.25) is 0 Å². The van der Waals surface area contributed by atoms with Gasteiger partial charge in [0.1, 0.15) is 0 Å². The third kappa shape index (κ3) is 4.89. The van der Waals surface area contributed by atoms with Crippen molar-refractivity contribution in [2.75, 3.05) is 0 Å². The van der Waals surface area contributed by atoms with Crippen LogP contribution in [0.2, 0.25) is 0 Å². The molecule has 0 aliphatic heterocycles. The molecule has 0 spiro atoms. The van der Waals surface area contributed by atoms with Crippen LogP contribution in [0.1, 0.15) is 78.3 Å². The maximum absolute atomic E-state index is 2.49. The van der Waals surface area contributed by atoms with Crippen molar-refractivity contribution < 1.29 is 0 Å². The zero-order valence-corrected chi connectivity index (χ0v) is 21.5. The molecule has 0 radical (unpaired) electrons. The first-order valence-corrected chi connectivity index (χ1v) is 13.1. The highest BCUT2D eigenvalue weighted by atomic mass is 14.3. The van der Waals surface area contributed by atoms with Crippen LogP contribution in [0.5, 0.6) is 0 Å². The van der Waals surface area contributed by atoms with Crippen LogP contribution in [0.4, 0.5) is 0 Å². The molecule has 3 aromatic rings. The first-order chi connectivity index (χ1) is 17.0. The van der Waals surface area contributed by atoms with E-state index in [1.54, 1.807) is 0 Å². The second kappa shape index (κ2) is 10.1. The van der Waals surface area contributed by atoms with Crippen molar-refractivity contribution >= 4 is 5.57 Å². The van der Waals surface area contributed by atoms with Gasteiger partial charge in [0.15, 0.2) is 0 Å². The molecule has 0 aromatic heterocycles. The van der Waals surface area contributed by atoms with Crippen LogP contribution >= 0.6 is 0 Å². The summed E-state index contributed by atoms with van der Waals surface area (Å²) in [5.74, 6) is 0.989. The van der Waals surface area contributed by atoms with Crippen molar-refractivity contribution in [1.29, 1.82) is 0 Å². The first kappa shape index (κ1) is 23.4. The predicted molar refractivity (Wildman–Crippen MR) is 151 cm³/mol. The van der Waals surface area contributed by atoms with E-state index in [4.69, 9.17) is 0 Å². The van der Waals surface area contributed by atoms with Gasteiger partial charge in [0.25, 0.3) is 0 Å². The van der Waals surface area contributed by atoms with Gasteiger partial charge in [0.2, 0.25) is 0 Å². The van der Waals surface area contributed by atoms with Gasteiger partial charge in [-0.2, -0.15) is 0 Å². The molecule has 0 fully saturated rings. The van der Waals surface area contributed by atoms with Gasteiger partial charge in [-0.25, -0.2) is 0 Å². The number of aryl methyl sites for hydroxylation is 2. The lowest BCUT2D eigenvalue weighted by atomic mass is 9.75. The molecule has 0 N–H and O–H groups in total. The van der Waals surface area contributed by atoms with Crippen molar-refractivity contribution in [2.45, 2.75) is 58.8 Å². The fraction of sp³-hybridized carbons (Fsp3) is 0.257. The lowest BCUT2D eigenvalue weighted by molar-refractivity contribution is 0.768. The average Bonchev–Trinajstić information content (AvgIpc) is 2.88. The van der Waals surface area contributed by atoms with E-state index in [2.05, 4.69) is 125 Å². The highest BCUT2D eigenvalue weighted by Gasteiger charge is 2.25. The molecule has 35 heavy (non-hydrogen) atoms. The quantitative estimate of drug-likeness (QED) is 0.358. The lowest BCUT2D eigenvalue weighted by Crippen LogP contribution is -2.12. The molecule has 0 heterocycles. The van der Waals surface area contributed by atoms with Crippen molar-refractivity contribution in [3.8, 4) is 0 Å². The van der Waals surface area contributed by atoms with Gasteiger partial charge < -0.3 is 0 Å². The van der Waals surface area contributed by atoms with Crippen molar-refractivity contribution in [1.82, 2.24) is 0 Å². The predicted octanol–water partition coefficient (Wildman–Crippen LogP) is 9.62. The number of allylic oxidation sites excluding steroid dienone is 7. The molecule has 1 unspecified atom stereocenters. The Hall–Kier alpha value is -3.38. The molecule has 1 atom stereocenters. The van der Waals surface area contributed by atoms with Crippen LogP contribution in [-0.2, 0) is 0 Å². The Morgan fingerprint density at radius 1 is 0.886 bits per heavy atom. The Balaban J connectivity index is 1.60. The Morgan fingerprint density at radius 2 is 1.63 bits per heavy atom.